The van der Waals surface area contributed by atoms with Crippen LogP contribution in [0.15, 0.2) is 18.2 Å². The number of amides is 1. The van der Waals surface area contributed by atoms with E-state index in [9.17, 15) is 15.0 Å². The Labute approximate surface area is 113 Å². The van der Waals surface area contributed by atoms with E-state index in [1.54, 1.807) is 6.07 Å². The van der Waals surface area contributed by atoms with E-state index >= 15 is 0 Å². The summed E-state index contributed by atoms with van der Waals surface area (Å²) in [7, 11) is 1.44. The predicted octanol–water partition coefficient (Wildman–Crippen LogP) is 1.54. The molecule has 0 aliphatic heterocycles. The van der Waals surface area contributed by atoms with Crippen LogP contribution in [0.2, 0.25) is 0 Å². The molecular weight excluding hydrogens is 246 g/mol. The number of hydrogen-bond donors (Lipinski definition) is 3. The maximum Gasteiger partial charge on any atom is 0.251 e. The summed E-state index contributed by atoms with van der Waals surface area (Å²) in [4.78, 5) is 11.8. The lowest BCUT2D eigenvalue weighted by atomic mass is 10.1. The first-order valence-corrected chi connectivity index (χ1v) is 6.27. The van der Waals surface area contributed by atoms with Gasteiger partial charge in [-0.3, -0.25) is 4.79 Å². The zero-order chi connectivity index (χ0) is 14.4. The Hall–Kier alpha value is -1.75. The molecule has 0 aliphatic rings. The van der Waals surface area contributed by atoms with Gasteiger partial charge < -0.3 is 20.3 Å². The van der Waals surface area contributed by atoms with Crippen molar-refractivity contribution in [2.75, 3.05) is 13.7 Å². The average molecular weight is 267 g/mol. The molecule has 0 fully saturated rings. The smallest absolute Gasteiger partial charge is 0.251 e. The van der Waals surface area contributed by atoms with Gasteiger partial charge in [-0.25, -0.2) is 0 Å². The molecule has 0 saturated carbocycles. The highest BCUT2D eigenvalue weighted by molar-refractivity contribution is 5.94. The van der Waals surface area contributed by atoms with Crippen molar-refractivity contribution in [3.8, 4) is 11.5 Å². The molecule has 0 bridgehead atoms. The number of carbonyl (C=O) groups excluding carboxylic acids is 1. The molecular formula is C14H21NO4. The van der Waals surface area contributed by atoms with Gasteiger partial charge in [0, 0.05) is 12.1 Å². The van der Waals surface area contributed by atoms with E-state index in [0.717, 1.165) is 0 Å². The van der Waals surface area contributed by atoms with E-state index < -0.39 is 6.10 Å². The van der Waals surface area contributed by atoms with Crippen molar-refractivity contribution in [2.45, 2.75) is 26.4 Å². The number of aliphatic hydroxyl groups excluding tert-OH is 1. The van der Waals surface area contributed by atoms with Gasteiger partial charge in [-0.1, -0.05) is 13.8 Å². The van der Waals surface area contributed by atoms with E-state index in [-0.39, 0.29) is 18.2 Å². The number of phenols is 1. The Balaban J connectivity index is 2.56. The zero-order valence-electron chi connectivity index (χ0n) is 11.5. The molecule has 0 spiro atoms. The van der Waals surface area contributed by atoms with E-state index in [0.29, 0.717) is 23.7 Å². The molecule has 19 heavy (non-hydrogen) atoms. The van der Waals surface area contributed by atoms with Gasteiger partial charge in [0.05, 0.1) is 13.2 Å². The number of rotatable bonds is 6. The molecule has 5 nitrogen and oxygen atoms in total. The minimum atomic E-state index is -0.559. The molecule has 0 aliphatic carbocycles. The number of aliphatic hydroxyl groups is 1. The largest absolute Gasteiger partial charge is 0.504 e. The Morgan fingerprint density at radius 2 is 2.11 bits per heavy atom. The highest BCUT2D eigenvalue weighted by Gasteiger charge is 2.12. The van der Waals surface area contributed by atoms with E-state index in [1.165, 1.54) is 19.2 Å². The molecule has 1 atom stereocenters. The monoisotopic (exact) mass is 267 g/mol. The van der Waals surface area contributed by atoms with Crippen LogP contribution in [0.4, 0.5) is 0 Å². The summed E-state index contributed by atoms with van der Waals surface area (Å²) in [5, 5.41) is 21.9. The summed E-state index contributed by atoms with van der Waals surface area (Å²) in [6.07, 6.45) is 0.0736. The molecule has 1 rings (SSSR count). The second-order valence-electron chi connectivity index (χ2n) is 4.88. The highest BCUT2D eigenvalue weighted by atomic mass is 16.5. The van der Waals surface area contributed by atoms with Crippen LogP contribution in [0, 0.1) is 5.92 Å². The van der Waals surface area contributed by atoms with Crippen molar-refractivity contribution in [2.24, 2.45) is 5.92 Å². The Kier molecular flexibility index (Phi) is 5.63. The lowest BCUT2D eigenvalue weighted by molar-refractivity contribution is 0.0900. The standard InChI is InChI=1S/C14H21NO4/c1-9(2)6-11(16)8-15-14(18)10-4-5-13(19-3)12(17)7-10/h4-5,7,9,11,16-17H,6,8H2,1-3H3,(H,15,18). The molecule has 0 saturated heterocycles. The summed E-state index contributed by atoms with van der Waals surface area (Å²) in [6, 6.07) is 4.42. The van der Waals surface area contributed by atoms with Crippen molar-refractivity contribution >= 4 is 5.91 Å². The van der Waals surface area contributed by atoms with Crippen molar-refractivity contribution in [3.63, 3.8) is 0 Å². The molecule has 0 aromatic heterocycles. The van der Waals surface area contributed by atoms with Crippen molar-refractivity contribution in [3.05, 3.63) is 23.8 Å². The van der Waals surface area contributed by atoms with Crippen LogP contribution in [0.5, 0.6) is 11.5 Å². The molecule has 1 aromatic carbocycles. The van der Waals surface area contributed by atoms with E-state index in [2.05, 4.69) is 5.32 Å². The summed E-state index contributed by atoms with van der Waals surface area (Å²) in [5.41, 5.74) is 0.329. The lowest BCUT2D eigenvalue weighted by Gasteiger charge is -2.14. The zero-order valence-corrected chi connectivity index (χ0v) is 11.5. The highest BCUT2D eigenvalue weighted by Crippen LogP contribution is 2.26. The van der Waals surface area contributed by atoms with Crippen LogP contribution in [-0.4, -0.2) is 35.9 Å². The third-order valence-corrected chi connectivity index (χ3v) is 2.68. The first-order valence-electron chi connectivity index (χ1n) is 6.27. The molecule has 1 aromatic rings. The van der Waals surface area contributed by atoms with Gasteiger partial charge in [0.25, 0.3) is 5.91 Å². The first kappa shape index (κ1) is 15.3. The summed E-state index contributed by atoms with van der Waals surface area (Å²) >= 11 is 0. The molecule has 0 radical (unpaired) electrons. The Bertz CT molecular complexity index is 431. The third kappa shape index (κ3) is 4.79. The van der Waals surface area contributed by atoms with Crippen molar-refractivity contribution in [1.29, 1.82) is 0 Å². The fraction of sp³-hybridized carbons (Fsp3) is 0.500. The number of aromatic hydroxyl groups is 1. The van der Waals surface area contributed by atoms with Crippen LogP contribution < -0.4 is 10.1 Å². The maximum atomic E-state index is 11.8. The molecule has 1 amide bonds. The van der Waals surface area contributed by atoms with Crippen molar-refractivity contribution in [1.82, 2.24) is 5.32 Å². The van der Waals surface area contributed by atoms with Gasteiger partial charge in [-0.15, -0.1) is 0 Å². The SMILES string of the molecule is COc1ccc(C(=O)NCC(O)CC(C)C)cc1O. The van der Waals surface area contributed by atoms with Crippen LogP contribution >= 0.6 is 0 Å². The fourth-order valence-electron chi connectivity index (χ4n) is 1.77. The summed E-state index contributed by atoms with van der Waals surface area (Å²) in [5.74, 6) is 0.270. The number of nitrogens with one attached hydrogen (secondary N) is 1. The number of methoxy groups -OCH3 is 1. The topological polar surface area (TPSA) is 78.8 Å². The van der Waals surface area contributed by atoms with E-state index in [1.807, 2.05) is 13.8 Å². The van der Waals surface area contributed by atoms with Gasteiger partial charge in [0.15, 0.2) is 11.5 Å². The van der Waals surface area contributed by atoms with E-state index in [4.69, 9.17) is 4.74 Å². The molecule has 0 heterocycles. The van der Waals surface area contributed by atoms with Crippen LogP contribution in [0.3, 0.4) is 0 Å². The third-order valence-electron chi connectivity index (χ3n) is 2.68. The number of hydrogen-bond acceptors (Lipinski definition) is 4. The van der Waals surface area contributed by atoms with Crippen LogP contribution in [0.1, 0.15) is 30.6 Å². The Morgan fingerprint density at radius 1 is 1.42 bits per heavy atom. The lowest BCUT2D eigenvalue weighted by Crippen LogP contribution is -2.32. The first-order chi connectivity index (χ1) is 8.93. The van der Waals surface area contributed by atoms with Gasteiger partial charge in [0.2, 0.25) is 0 Å². The number of phenolic OH excluding ortho intramolecular Hbond substituents is 1. The van der Waals surface area contributed by atoms with Crippen molar-refractivity contribution < 1.29 is 19.7 Å². The van der Waals surface area contributed by atoms with Crippen LogP contribution in [0.25, 0.3) is 0 Å². The molecule has 3 N–H and O–H groups in total. The minimum Gasteiger partial charge on any atom is -0.504 e. The number of benzene rings is 1. The van der Waals surface area contributed by atoms with Gasteiger partial charge in [-0.2, -0.15) is 0 Å². The summed E-state index contributed by atoms with van der Waals surface area (Å²) < 4.78 is 4.90. The minimum absolute atomic E-state index is 0.0853. The normalized spacial score (nSPS) is 12.3. The maximum absolute atomic E-state index is 11.8. The van der Waals surface area contributed by atoms with Crippen LogP contribution in [-0.2, 0) is 0 Å². The summed E-state index contributed by atoms with van der Waals surface area (Å²) in [6.45, 7) is 4.21. The van der Waals surface area contributed by atoms with Gasteiger partial charge in [-0.05, 0) is 30.5 Å². The fourth-order valence-corrected chi connectivity index (χ4v) is 1.77. The quantitative estimate of drug-likeness (QED) is 0.730. The predicted molar refractivity (Wildman–Crippen MR) is 72.5 cm³/mol. The molecule has 5 heteroatoms. The number of ether oxygens (including phenoxy) is 1. The second-order valence-corrected chi connectivity index (χ2v) is 4.88. The molecule has 1 unspecified atom stereocenters. The van der Waals surface area contributed by atoms with Gasteiger partial charge >= 0.3 is 0 Å². The second kappa shape index (κ2) is 6.99. The molecule has 106 valence electrons. The Morgan fingerprint density at radius 3 is 2.63 bits per heavy atom. The average Bonchev–Trinajstić information content (AvgIpc) is 2.35. The van der Waals surface area contributed by atoms with Gasteiger partial charge in [0.1, 0.15) is 0 Å². The number of carbonyl (C=O) groups is 1.